The van der Waals surface area contributed by atoms with Gasteiger partial charge in [-0.3, -0.25) is 4.79 Å². The number of carbonyl (C=O) groups is 1. The predicted octanol–water partition coefficient (Wildman–Crippen LogP) is 2.55. The van der Waals surface area contributed by atoms with E-state index >= 15 is 0 Å². The van der Waals surface area contributed by atoms with Crippen LogP contribution in [0.2, 0.25) is 0 Å². The molecule has 3 heterocycles. The summed E-state index contributed by atoms with van der Waals surface area (Å²) >= 11 is 0. The highest BCUT2D eigenvalue weighted by molar-refractivity contribution is 7.88. The molecule has 12 heteroatoms. The third-order valence-electron chi connectivity index (χ3n) is 6.31. The Kier molecular flexibility index (Phi) is 7.50. The first-order valence-corrected chi connectivity index (χ1v) is 13.3. The zero-order valence-corrected chi connectivity index (χ0v) is 20.4. The molecule has 9 nitrogen and oxygen atoms in total. The first kappa shape index (κ1) is 25.2. The molecule has 1 amide bonds. The topological polar surface area (TPSA) is 102 Å². The fourth-order valence-corrected chi connectivity index (χ4v) is 5.14. The molecule has 1 aromatic heterocycles. The molecule has 35 heavy (non-hydrogen) atoms. The lowest BCUT2D eigenvalue weighted by atomic mass is 10.1. The van der Waals surface area contributed by atoms with Crippen molar-refractivity contribution in [1.82, 2.24) is 19.2 Å². The van der Waals surface area contributed by atoms with Gasteiger partial charge in [-0.2, -0.15) is 0 Å². The van der Waals surface area contributed by atoms with E-state index in [2.05, 4.69) is 9.97 Å². The Morgan fingerprint density at radius 1 is 0.971 bits per heavy atom. The maximum atomic E-state index is 14.0. The van der Waals surface area contributed by atoms with Crippen LogP contribution in [0.3, 0.4) is 0 Å². The van der Waals surface area contributed by atoms with E-state index in [1.54, 1.807) is 6.92 Å². The molecule has 2 fully saturated rings. The van der Waals surface area contributed by atoms with Crippen LogP contribution in [-0.2, 0) is 10.0 Å². The first-order valence-electron chi connectivity index (χ1n) is 11.5. The number of hydrogen-bond donors (Lipinski definition) is 0. The number of rotatable bonds is 6. The maximum Gasteiger partial charge on any atom is 0.256 e. The Morgan fingerprint density at radius 2 is 1.51 bits per heavy atom. The van der Waals surface area contributed by atoms with Gasteiger partial charge in [-0.15, -0.1) is 0 Å². The number of carbonyl (C=O) groups excluding carboxylic acids is 1. The summed E-state index contributed by atoms with van der Waals surface area (Å²) in [7, 11) is -3.21. The number of sulfonamides is 1. The third-order valence-corrected chi connectivity index (χ3v) is 7.61. The van der Waals surface area contributed by atoms with Crippen molar-refractivity contribution >= 4 is 15.9 Å². The summed E-state index contributed by atoms with van der Waals surface area (Å²) < 4.78 is 64.0. The number of ether oxygens (including phenoxy) is 2. The average Bonchev–Trinajstić information content (AvgIpc) is 2.81. The Bertz CT molecular complexity index is 1180. The fourth-order valence-electron chi connectivity index (χ4n) is 4.26. The third kappa shape index (κ3) is 6.04. The molecule has 0 radical (unpaired) electrons. The molecule has 0 saturated carbocycles. The van der Waals surface area contributed by atoms with Crippen LogP contribution in [0, 0.1) is 18.6 Å². The summed E-state index contributed by atoms with van der Waals surface area (Å²) in [5.41, 5.74) is 0.492. The van der Waals surface area contributed by atoms with Gasteiger partial charge < -0.3 is 14.4 Å². The quantitative estimate of drug-likeness (QED) is 0.589. The highest BCUT2D eigenvalue weighted by atomic mass is 32.2. The molecule has 0 atom stereocenters. The summed E-state index contributed by atoms with van der Waals surface area (Å²) in [6.45, 7) is 3.33. The molecule has 0 bridgehead atoms. The molecule has 2 aliphatic rings. The van der Waals surface area contributed by atoms with Crippen molar-refractivity contribution in [2.45, 2.75) is 44.8 Å². The number of nitrogens with zero attached hydrogens (tertiary/aromatic N) is 4. The number of amides is 1. The van der Waals surface area contributed by atoms with Gasteiger partial charge in [0.1, 0.15) is 30.2 Å². The van der Waals surface area contributed by atoms with Crippen LogP contribution >= 0.6 is 0 Å². The van der Waals surface area contributed by atoms with Gasteiger partial charge in [0.2, 0.25) is 21.8 Å². The maximum absolute atomic E-state index is 14.0. The summed E-state index contributed by atoms with van der Waals surface area (Å²) in [5.74, 6) is -1.30. The van der Waals surface area contributed by atoms with Gasteiger partial charge in [-0.1, -0.05) is 0 Å². The second kappa shape index (κ2) is 10.4. The van der Waals surface area contributed by atoms with Crippen molar-refractivity contribution in [2.24, 2.45) is 0 Å². The fraction of sp³-hybridized carbons (Fsp3) is 0.522. The standard InChI is InChI=1S/C23H28F2N4O5S/c1-15-21(26-14-27-22(15)34-18-7-11-29(12-8-18)35(2,31)32)33-17-5-9-28(10-6-17)23(30)19-4-3-16(24)13-20(19)25/h3-4,13-14,17-18H,5-12H2,1-2H3. The van der Waals surface area contributed by atoms with Crippen LogP contribution in [0.25, 0.3) is 0 Å². The summed E-state index contributed by atoms with van der Waals surface area (Å²) in [4.78, 5) is 22.6. The summed E-state index contributed by atoms with van der Waals surface area (Å²) in [6, 6.07) is 2.93. The molecule has 2 aliphatic heterocycles. The van der Waals surface area contributed by atoms with E-state index in [1.807, 2.05) is 0 Å². The molecular weight excluding hydrogens is 482 g/mol. The van der Waals surface area contributed by atoms with E-state index in [0.29, 0.717) is 75.3 Å². The number of hydrogen-bond acceptors (Lipinski definition) is 7. The number of aromatic nitrogens is 2. The van der Waals surface area contributed by atoms with E-state index in [0.717, 1.165) is 12.1 Å². The molecule has 1 aromatic carbocycles. The molecule has 2 aromatic rings. The number of halogens is 2. The average molecular weight is 511 g/mol. The second-order valence-electron chi connectivity index (χ2n) is 8.82. The van der Waals surface area contributed by atoms with E-state index < -0.39 is 27.6 Å². The Morgan fingerprint density at radius 3 is 2.03 bits per heavy atom. The summed E-state index contributed by atoms with van der Waals surface area (Å²) in [6.07, 6.45) is 4.39. The van der Waals surface area contributed by atoms with E-state index in [4.69, 9.17) is 9.47 Å². The molecule has 4 rings (SSSR count). The predicted molar refractivity (Wildman–Crippen MR) is 123 cm³/mol. The van der Waals surface area contributed by atoms with Crippen molar-refractivity contribution in [2.75, 3.05) is 32.4 Å². The van der Waals surface area contributed by atoms with Gasteiger partial charge >= 0.3 is 0 Å². The van der Waals surface area contributed by atoms with Crippen LogP contribution in [-0.4, -0.2) is 78.1 Å². The number of likely N-dealkylation sites (tertiary alicyclic amines) is 1. The molecule has 0 N–H and O–H groups in total. The Labute approximate surface area is 203 Å². The van der Waals surface area contributed by atoms with Crippen molar-refractivity contribution in [1.29, 1.82) is 0 Å². The minimum Gasteiger partial charge on any atom is -0.474 e. The smallest absolute Gasteiger partial charge is 0.256 e. The van der Waals surface area contributed by atoms with Crippen molar-refractivity contribution in [3.8, 4) is 11.8 Å². The molecule has 2 saturated heterocycles. The largest absolute Gasteiger partial charge is 0.474 e. The van der Waals surface area contributed by atoms with Gasteiger partial charge in [0, 0.05) is 45.1 Å². The zero-order valence-electron chi connectivity index (χ0n) is 19.6. The van der Waals surface area contributed by atoms with Crippen molar-refractivity contribution < 1.29 is 31.5 Å². The monoisotopic (exact) mass is 510 g/mol. The molecule has 0 unspecified atom stereocenters. The Hall–Kier alpha value is -2.86. The van der Waals surface area contributed by atoms with Crippen LogP contribution in [0.4, 0.5) is 8.78 Å². The first-order chi connectivity index (χ1) is 16.6. The SMILES string of the molecule is Cc1c(OC2CCN(C(=O)c3ccc(F)cc3F)CC2)ncnc1OC1CCN(S(C)(=O)=O)CC1. The molecule has 0 aliphatic carbocycles. The summed E-state index contributed by atoms with van der Waals surface area (Å²) in [5, 5.41) is 0. The highest BCUT2D eigenvalue weighted by Gasteiger charge is 2.29. The van der Waals surface area contributed by atoms with Crippen molar-refractivity contribution in [3.63, 3.8) is 0 Å². The van der Waals surface area contributed by atoms with E-state index in [9.17, 15) is 22.0 Å². The van der Waals surface area contributed by atoms with Gasteiger partial charge in [-0.05, 0) is 31.9 Å². The van der Waals surface area contributed by atoms with E-state index in [-0.39, 0.29) is 17.8 Å². The zero-order chi connectivity index (χ0) is 25.2. The van der Waals surface area contributed by atoms with Crippen molar-refractivity contribution in [3.05, 3.63) is 47.3 Å². The Balaban J connectivity index is 1.32. The molecular formula is C23H28F2N4O5S. The minimum absolute atomic E-state index is 0.151. The van der Waals surface area contributed by atoms with Gasteiger partial charge in [0.25, 0.3) is 5.91 Å². The number of benzene rings is 1. The lowest BCUT2D eigenvalue weighted by Gasteiger charge is -2.32. The molecule has 190 valence electrons. The molecule has 0 spiro atoms. The lowest BCUT2D eigenvalue weighted by molar-refractivity contribution is 0.0580. The van der Waals surface area contributed by atoms with Crippen LogP contribution in [0.15, 0.2) is 24.5 Å². The highest BCUT2D eigenvalue weighted by Crippen LogP contribution is 2.28. The van der Waals surface area contributed by atoms with Crippen LogP contribution < -0.4 is 9.47 Å². The van der Waals surface area contributed by atoms with Crippen LogP contribution in [0.1, 0.15) is 41.6 Å². The number of piperidine rings is 2. The van der Waals surface area contributed by atoms with Crippen LogP contribution in [0.5, 0.6) is 11.8 Å². The second-order valence-corrected chi connectivity index (χ2v) is 10.8. The minimum atomic E-state index is -3.21. The van der Waals surface area contributed by atoms with Gasteiger partial charge in [-0.25, -0.2) is 31.5 Å². The van der Waals surface area contributed by atoms with Gasteiger partial charge in [0.05, 0.1) is 17.4 Å². The van der Waals surface area contributed by atoms with E-state index in [1.165, 1.54) is 21.8 Å². The normalized spacial score (nSPS) is 18.5. The van der Waals surface area contributed by atoms with Gasteiger partial charge in [0.15, 0.2) is 0 Å². The lowest BCUT2D eigenvalue weighted by Crippen LogP contribution is -2.42.